The molecule has 0 saturated carbocycles. The molecular weight excluding hydrogens is 480 g/mol. The predicted molar refractivity (Wildman–Crippen MR) is 136 cm³/mol. The number of primary amides is 1. The molecule has 4 N–H and O–H groups in total. The lowest BCUT2D eigenvalue weighted by molar-refractivity contribution is -0.385. The van der Waals surface area contributed by atoms with Crippen molar-refractivity contribution in [2.45, 2.75) is 51.7 Å². The van der Waals surface area contributed by atoms with Gasteiger partial charge >= 0.3 is 6.09 Å². The molecule has 12 nitrogen and oxygen atoms in total. The van der Waals surface area contributed by atoms with Crippen LogP contribution in [-0.4, -0.2) is 64.5 Å². The Balaban J connectivity index is 1.75. The van der Waals surface area contributed by atoms with Gasteiger partial charge in [0.2, 0.25) is 0 Å². The Labute approximate surface area is 214 Å². The van der Waals surface area contributed by atoms with Gasteiger partial charge in [-0.1, -0.05) is 6.07 Å². The van der Waals surface area contributed by atoms with E-state index >= 15 is 0 Å². The largest absolute Gasteiger partial charge is 0.444 e. The van der Waals surface area contributed by atoms with E-state index in [1.165, 1.54) is 25.4 Å². The molecule has 0 radical (unpaired) electrons. The van der Waals surface area contributed by atoms with E-state index in [0.29, 0.717) is 42.9 Å². The topological polar surface area (TPSA) is 170 Å². The molecule has 2 aromatic rings. The molecule has 0 atom stereocenters. The monoisotopic (exact) mass is 512 g/mol. The standard InChI is InChI=1S/C25H32N6O6/c1-25(2,3)37-24(34)30-9-7-16(8-10-30)29-20-13-17(28-14-19(20)22(26)32)11-15-5-6-18(23(33)27-4)21(12-15)31(35)36/h5-6,12-14,16H,7-11H2,1-4H3,(H2,26,32)(H,27,33)(H,28,29). The number of ether oxygens (including phenoxy) is 1. The molecule has 0 aliphatic carbocycles. The first-order valence-corrected chi connectivity index (χ1v) is 11.9. The summed E-state index contributed by atoms with van der Waals surface area (Å²) in [7, 11) is 1.40. The van der Waals surface area contributed by atoms with Crippen LogP contribution in [-0.2, 0) is 11.2 Å². The third-order valence-corrected chi connectivity index (χ3v) is 5.85. The molecule has 0 bridgehead atoms. The van der Waals surface area contributed by atoms with Crippen molar-refractivity contribution < 1.29 is 24.0 Å². The summed E-state index contributed by atoms with van der Waals surface area (Å²) >= 11 is 0. The molecule has 198 valence electrons. The van der Waals surface area contributed by atoms with E-state index in [4.69, 9.17) is 10.5 Å². The van der Waals surface area contributed by atoms with E-state index in [9.17, 15) is 24.5 Å². The van der Waals surface area contributed by atoms with Crippen LogP contribution in [0.25, 0.3) is 0 Å². The number of likely N-dealkylation sites (tertiary alicyclic amines) is 1. The molecule has 0 spiro atoms. The summed E-state index contributed by atoms with van der Waals surface area (Å²) in [5, 5.41) is 17.2. The Hall–Kier alpha value is -4.22. The van der Waals surface area contributed by atoms with Crippen molar-refractivity contribution in [3.8, 4) is 0 Å². The molecule has 1 aromatic heterocycles. The summed E-state index contributed by atoms with van der Waals surface area (Å²) in [6.45, 7) is 6.45. The zero-order chi connectivity index (χ0) is 27.3. The quantitative estimate of drug-likeness (QED) is 0.375. The minimum absolute atomic E-state index is 0.0139. The Kier molecular flexibility index (Phi) is 8.31. The van der Waals surface area contributed by atoms with Gasteiger partial charge in [-0.15, -0.1) is 0 Å². The van der Waals surface area contributed by atoms with Crippen molar-refractivity contribution in [3.05, 3.63) is 63.0 Å². The highest BCUT2D eigenvalue weighted by Crippen LogP contribution is 2.25. The Morgan fingerprint density at radius 2 is 1.86 bits per heavy atom. The van der Waals surface area contributed by atoms with Crippen LogP contribution in [0.3, 0.4) is 0 Å². The molecule has 1 aliphatic rings. The Bertz CT molecular complexity index is 1200. The maximum atomic E-state index is 12.3. The minimum Gasteiger partial charge on any atom is -0.444 e. The van der Waals surface area contributed by atoms with Crippen LogP contribution in [0.5, 0.6) is 0 Å². The highest BCUT2D eigenvalue weighted by Gasteiger charge is 2.27. The van der Waals surface area contributed by atoms with E-state index in [1.807, 2.05) is 20.8 Å². The van der Waals surface area contributed by atoms with Crippen molar-refractivity contribution in [2.24, 2.45) is 5.73 Å². The van der Waals surface area contributed by atoms with E-state index in [0.717, 1.165) is 0 Å². The lowest BCUT2D eigenvalue weighted by Crippen LogP contribution is -2.44. The van der Waals surface area contributed by atoms with Gasteiger partial charge in [0.25, 0.3) is 17.5 Å². The van der Waals surface area contributed by atoms with Crippen molar-refractivity contribution in [3.63, 3.8) is 0 Å². The number of nitrogens with one attached hydrogen (secondary N) is 2. The highest BCUT2D eigenvalue weighted by atomic mass is 16.6. The number of nitro groups is 1. The third-order valence-electron chi connectivity index (χ3n) is 5.85. The molecule has 0 unspecified atom stereocenters. The van der Waals surface area contributed by atoms with Crippen molar-refractivity contribution in [2.75, 3.05) is 25.5 Å². The normalized spacial score (nSPS) is 14.1. The minimum atomic E-state index is -0.640. The van der Waals surface area contributed by atoms with Crippen LogP contribution < -0.4 is 16.4 Å². The van der Waals surface area contributed by atoms with E-state index in [-0.39, 0.29) is 35.4 Å². The molecule has 3 rings (SSSR count). The maximum absolute atomic E-state index is 12.3. The van der Waals surface area contributed by atoms with Crippen LogP contribution in [0.4, 0.5) is 16.2 Å². The number of nitro benzene ring substituents is 1. The number of aromatic nitrogens is 1. The second-order valence-corrected chi connectivity index (χ2v) is 9.84. The van der Waals surface area contributed by atoms with E-state index < -0.39 is 22.3 Å². The van der Waals surface area contributed by atoms with Crippen molar-refractivity contribution >= 4 is 29.3 Å². The number of anilines is 1. The SMILES string of the molecule is CNC(=O)c1ccc(Cc2cc(NC3CCN(C(=O)OC(C)(C)C)CC3)c(C(N)=O)cn2)cc1[N+](=O)[O-]. The second kappa shape index (κ2) is 11.2. The summed E-state index contributed by atoms with van der Waals surface area (Å²) in [4.78, 5) is 53.2. The number of carbonyl (C=O) groups excluding carboxylic acids is 3. The molecule has 1 saturated heterocycles. The van der Waals surface area contributed by atoms with E-state index in [2.05, 4.69) is 15.6 Å². The number of nitrogens with zero attached hydrogens (tertiary/aromatic N) is 3. The van der Waals surface area contributed by atoms with Crippen molar-refractivity contribution in [1.29, 1.82) is 0 Å². The molecule has 1 aromatic carbocycles. The summed E-state index contributed by atoms with van der Waals surface area (Å²) < 4.78 is 5.44. The number of rotatable bonds is 7. The number of piperidine rings is 1. The fourth-order valence-corrected chi connectivity index (χ4v) is 4.04. The number of benzene rings is 1. The van der Waals surface area contributed by atoms with Gasteiger partial charge in [0.15, 0.2) is 0 Å². The van der Waals surface area contributed by atoms with Gasteiger partial charge < -0.3 is 26.0 Å². The molecule has 2 heterocycles. The summed E-state index contributed by atoms with van der Waals surface area (Å²) in [6.07, 6.45) is 2.54. The maximum Gasteiger partial charge on any atom is 0.410 e. The molecule has 3 amide bonds. The lowest BCUT2D eigenvalue weighted by Gasteiger charge is -2.34. The van der Waals surface area contributed by atoms with Gasteiger partial charge in [-0.3, -0.25) is 24.7 Å². The average molecular weight is 513 g/mol. The van der Waals surface area contributed by atoms with Gasteiger partial charge in [0.1, 0.15) is 11.2 Å². The summed E-state index contributed by atoms with van der Waals surface area (Å²) in [6, 6.07) is 6.05. The predicted octanol–water partition coefficient (Wildman–Crippen LogP) is 2.85. The van der Waals surface area contributed by atoms with Crippen LogP contribution >= 0.6 is 0 Å². The van der Waals surface area contributed by atoms with Crippen LogP contribution in [0.2, 0.25) is 0 Å². The Morgan fingerprint density at radius 1 is 1.19 bits per heavy atom. The van der Waals surface area contributed by atoms with Crippen LogP contribution in [0.1, 0.15) is 65.6 Å². The molecular formula is C25H32N6O6. The van der Waals surface area contributed by atoms with Crippen LogP contribution in [0.15, 0.2) is 30.5 Å². The molecule has 1 aliphatic heterocycles. The number of pyridine rings is 1. The first kappa shape index (κ1) is 27.4. The van der Waals surface area contributed by atoms with Gasteiger partial charge in [0, 0.05) is 50.6 Å². The zero-order valence-corrected chi connectivity index (χ0v) is 21.4. The first-order chi connectivity index (χ1) is 17.4. The highest BCUT2D eigenvalue weighted by molar-refractivity contribution is 5.98. The third kappa shape index (κ3) is 7.15. The van der Waals surface area contributed by atoms with Crippen molar-refractivity contribution in [1.82, 2.24) is 15.2 Å². The zero-order valence-electron chi connectivity index (χ0n) is 21.4. The molecule has 37 heavy (non-hydrogen) atoms. The van der Waals surface area contributed by atoms with Crippen LogP contribution in [0, 0.1) is 10.1 Å². The Morgan fingerprint density at radius 3 is 2.43 bits per heavy atom. The second-order valence-electron chi connectivity index (χ2n) is 9.84. The fourth-order valence-electron chi connectivity index (χ4n) is 4.04. The van der Waals surface area contributed by atoms with Gasteiger partial charge in [-0.05, 0) is 51.3 Å². The van der Waals surface area contributed by atoms with Gasteiger partial charge in [-0.25, -0.2) is 4.79 Å². The average Bonchev–Trinajstić information content (AvgIpc) is 2.82. The van der Waals surface area contributed by atoms with Gasteiger partial charge in [-0.2, -0.15) is 0 Å². The molecule has 12 heteroatoms. The smallest absolute Gasteiger partial charge is 0.410 e. The van der Waals surface area contributed by atoms with Gasteiger partial charge in [0.05, 0.1) is 16.2 Å². The number of nitrogens with two attached hydrogens (primary N) is 1. The number of carbonyl (C=O) groups is 3. The molecule has 1 fully saturated rings. The number of hydrogen-bond donors (Lipinski definition) is 3. The lowest BCUT2D eigenvalue weighted by atomic mass is 10.0. The fraction of sp³-hybridized carbons (Fsp3) is 0.440. The summed E-state index contributed by atoms with van der Waals surface area (Å²) in [5.74, 6) is -1.19. The summed E-state index contributed by atoms with van der Waals surface area (Å²) in [5.41, 5.74) is 6.50. The first-order valence-electron chi connectivity index (χ1n) is 11.9. The number of amides is 3. The number of hydrogen-bond acceptors (Lipinski definition) is 8. The van der Waals surface area contributed by atoms with E-state index in [1.54, 1.807) is 17.0 Å².